The third kappa shape index (κ3) is 6.56. The van der Waals surface area contributed by atoms with Crippen molar-refractivity contribution in [3.63, 3.8) is 0 Å². The zero-order valence-electron chi connectivity index (χ0n) is 21.2. The van der Waals surface area contributed by atoms with E-state index in [4.69, 9.17) is 4.74 Å². The summed E-state index contributed by atoms with van der Waals surface area (Å²) in [4.78, 5) is 12.5. The van der Waals surface area contributed by atoms with E-state index < -0.39 is 0 Å². The van der Waals surface area contributed by atoms with Gasteiger partial charge >= 0.3 is 5.16 Å². The summed E-state index contributed by atoms with van der Waals surface area (Å²) in [5, 5.41) is 21.8. The summed E-state index contributed by atoms with van der Waals surface area (Å²) in [5.41, 5.74) is 6.35. The van der Waals surface area contributed by atoms with Crippen LogP contribution in [0, 0.1) is 0 Å². The van der Waals surface area contributed by atoms with Gasteiger partial charge in [0.2, 0.25) is 0 Å². The van der Waals surface area contributed by atoms with Crippen molar-refractivity contribution in [1.29, 1.82) is 0 Å². The molecule has 4 rings (SSSR count). The molecule has 37 heavy (non-hydrogen) atoms. The average Bonchev–Trinajstić information content (AvgIpc) is 3.31. The van der Waals surface area contributed by atoms with Crippen LogP contribution in [-0.4, -0.2) is 40.3 Å². The van der Waals surface area contributed by atoms with Gasteiger partial charge in [-0.05, 0) is 76.8 Å². The van der Waals surface area contributed by atoms with E-state index in [0.29, 0.717) is 10.7 Å². The van der Waals surface area contributed by atoms with Crippen LogP contribution >= 0.6 is 11.8 Å². The number of benzene rings is 3. The lowest BCUT2D eigenvalue weighted by Gasteiger charge is -2.18. The molecule has 1 heterocycles. The molecule has 8 nitrogen and oxygen atoms in total. The van der Waals surface area contributed by atoms with Crippen LogP contribution in [0.25, 0.3) is 17.1 Å². The number of hydrazone groups is 1. The Kier molecular flexibility index (Phi) is 7.93. The number of phenols is 1. The fraction of sp³-hybridized carbons (Fsp3) is 0.214. The second-order valence-electron chi connectivity index (χ2n) is 9.39. The van der Waals surface area contributed by atoms with E-state index in [-0.39, 0.29) is 22.8 Å². The number of carbonyl (C=O) groups is 1. The third-order valence-corrected chi connectivity index (χ3v) is 6.57. The van der Waals surface area contributed by atoms with Crippen LogP contribution in [0.3, 0.4) is 0 Å². The molecule has 1 aromatic heterocycles. The van der Waals surface area contributed by atoms with Gasteiger partial charge in [-0.15, -0.1) is 5.10 Å². The molecule has 0 radical (unpaired) electrons. The number of amides is 1. The molecule has 0 unspecified atom stereocenters. The van der Waals surface area contributed by atoms with Crippen molar-refractivity contribution in [2.45, 2.75) is 31.3 Å². The molecule has 4 aromatic rings. The van der Waals surface area contributed by atoms with Gasteiger partial charge < -0.3 is 9.84 Å². The number of hydrogen-bond acceptors (Lipinski definition) is 6. The number of phenolic OH excluding ortho intramolecular Hbond substituents is 1. The number of thioether (sulfide) groups is 1. The van der Waals surface area contributed by atoms with E-state index in [0.717, 1.165) is 22.8 Å². The molecular weight excluding hydrogens is 486 g/mol. The van der Waals surface area contributed by atoms with E-state index in [9.17, 15) is 9.90 Å². The van der Waals surface area contributed by atoms with Gasteiger partial charge in [0, 0.05) is 0 Å². The van der Waals surface area contributed by atoms with Gasteiger partial charge in [-0.25, -0.2) is 5.43 Å². The van der Waals surface area contributed by atoms with Crippen LogP contribution in [0.15, 0.2) is 83.1 Å². The molecule has 3 aromatic carbocycles. The van der Waals surface area contributed by atoms with E-state index in [1.165, 1.54) is 23.5 Å². The Morgan fingerprint density at radius 3 is 2.51 bits per heavy atom. The molecule has 1 amide bonds. The molecule has 190 valence electrons. The molecule has 0 bridgehead atoms. The predicted octanol–water partition coefficient (Wildman–Crippen LogP) is 4.61. The second-order valence-corrected chi connectivity index (χ2v) is 10.3. The lowest BCUT2D eigenvalue weighted by Crippen LogP contribution is -2.34. The number of nitrogens with one attached hydrogen (secondary N) is 2. The molecule has 0 saturated carbocycles. The second kappa shape index (κ2) is 11.3. The molecule has 0 spiro atoms. The number of aromatic hydroxyl groups is 1. The zero-order chi connectivity index (χ0) is 26.4. The minimum Gasteiger partial charge on any atom is -0.508 e. The van der Waals surface area contributed by atoms with Gasteiger partial charge in [0.05, 0.1) is 29.7 Å². The number of methoxy groups -OCH3 is 1. The predicted molar refractivity (Wildman–Crippen MR) is 145 cm³/mol. The SMILES string of the molecule is COc1ccc(-[n+]2c(SCC(=O)NN=Cc3cccc(O)c3)n[nH]c2-c2ccc(C(C)(C)C)cc2)cc1. The molecule has 9 heteroatoms. The summed E-state index contributed by atoms with van der Waals surface area (Å²) in [7, 11) is 1.63. The molecule has 0 aliphatic carbocycles. The quantitative estimate of drug-likeness (QED) is 0.137. The molecule has 0 saturated heterocycles. The Morgan fingerprint density at radius 2 is 1.86 bits per heavy atom. The Labute approximate surface area is 220 Å². The molecule has 3 N–H and O–H groups in total. The first-order valence-electron chi connectivity index (χ1n) is 11.7. The van der Waals surface area contributed by atoms with Crippen LogP contribution < -0.4 is 14.7 Å². The van der Waals surface area contributed by atoms with Crippen molar-refractivity contribution in [2.24, 2.45) is 5.10 Å². The smallest absolute Gasteiger partial charge is 0.342 e. The fourth-order valence-corrected chi connectivity index (χ4v) is 4.39. The van der Waals surface area contributed by atoms with Crippen molar-refractivity contribution in [3.8, 4) is 28.6 Å². The van der Waals surface area contributed by atoms with E-state index in [2.05, 4.69) is 65.8 Å². The van der Waals surface area contributed by atoms with Crippen molar-refractivity contribution >= 4 is 23.9 Å². The Balaban J connectivity index is 1.55. The molecule has 0 fully saturated rings. The first kappa shape index (κ1) is 26.0. The van der Waals surface area contributed by atoms with Gasteiger partial charge in [-0.1, -0.05) is 45.0 Å². The Hall–Kier alpha value is -4.11. The molecule has 0 aliphatic heterocycles. The van der Waals surface area contributed by atoms with E-state index in [1.807, 2.05) is 28.8 Å². The highest BCUT2D eigenvalue weighted by molar-refractivity contribution is 7.99. The van der Waals surface area contributed by atoms with Crippen molar-refractivity contribution in [2.75, 3.05) is 12.9 Å². The number of nitrogens with zero attached hydrogens (tertiary/aromatic N) is 3. The van der Waals surface area contributed by atoms with Crippen molar-refractivity contribution in [3.05, 3.63) is 83.9 Å². The van der Waals surface area contributed by atoms with E-state index >= 15 is 0 Å². The number of hydrogen-bond donors (Lipinski definition) is 3. The lowest BCUT2D eigenvalue weighted by molar-refractivity contribution is -0.625. The first-order valence-corrected chi connectivity index (χ1v) is 12.7. The maximum atomic E-state index is 12.5. The first-order chi connectivity index (χ1) is 17.7. The topological polar surface area (TPSA) is 103 Å². The van der Waals surface area contributed by atoms with Crippen LogP contribution in [0.1, 0.15) is 31.9 Å². The highest BCUT2D eigenvalue weighted by Gasteiger charge is 2.25. The summed E-state index contributed by atoms with van der Waals surface area (Å²) < 4.78 is 7.30. The Morgan fingerprint density at radius 1 is 1.14 bits per heavy atom. The van der Waals surface area contributed by atoms with Gasteiger partial charge in [0.25, 0.3) is 11.7 Å². The summed E-state index contributed by atoms with van der Waals surface area (Å²) in [6.07, 6.45) is 1.48. The van der Waals surface area contributed by atoms with Gasteiger partial charge in [-0.2, -0.15) is 9.67 Å². The molecule has 0 atom stereocenters. The van der Waals surface area contributed by atoms with Crippen LogP contribution in [0.5, 0.6) is 11.5 Å². The summed E-state index contributed by atoms with van der Waals surface area (Å²) >= 11 is 1.29. The largest absolute Gasteiger partial charge is 0.508 e. The third-order valence-electron chi connectivity index (χ3n) is 5.63. The standard InChI is InChI=1S/C28H29N5O3S/c1-28(2,3)21-10-8-20(9-11-21)26-31-32-27(33(26)22-12-14-24(36-4)15-13-22)37-18-25(35)30-29-17-19-6-5-7-23(34)16-19/h5-17H,18H2,1-4H3,(H2,30,34,35)/p+1. The minimum atomic E-state index is -0.276. The number of rotatable bonds is 8. The fourth-order valence-electron chi connectivity index (χ4n) is 3.63. The van der Waals surface area contributed by atoms with E-state index in [1.54, 1.807) is 31.4 Å². The van der Waals surface area contributed by atoms with Gasteiger partial charge in [-0.3, -0.25) is 4.79 Å². The number of ether oxygens (including phenoxy) is 1. The van der Waals surface area contributed by atoms with Crippen molar-refractivity contribution in [1.82, 2.24) is 15.6 Å². The minimum absolute atomic E-state index is 0.0518. The normalized spacial score (nSPS) is 11.6. The number of aromatic nitrogens is 3. The highest BCUT2D eigenvalue weighted by atomic mass is 32.2. The van der Waals surface area contributed by atoms with Gasteiger partial charge in [0.15, 0.2) is 0 Å². The number of H-pyrrole nitrogens is 1. The molecular formula is C28H30N5O3S+. The summed E-state index contributed by atoms with van der Waals surface area (Å²) in [6.45, 7) is 6.55. The summed E-state index contributed by atoms with van der Waals surface area (Å²) in [6, 6.07) is 22.7. The molecule has 0 aliphatic rings. The van der Waals surface area contributed by atoms with Crippen LogP contribution in [0.4, 0.5) is 0 Å². The number of carbonyl (C=O) groups excluding carboxylic acids is 1. The lowest BCUT2D eigenvalue weighted by atomic mass is 9.87. The number of aromatic amines is 1. The van der Waals surface area contributed by atoms with Crippen molar-refractivity contribution < 1.29 is 19.2 Å². The monoisotopic (exact) mass is 516 g/mol. The van der Waals surface area contributed by atoms with Crippen LogP contribution in [-0.2, 0) is 10.2 Å². The van der Waals surface area contributed by atoms with Gasteiger partial charge in [0.1, 0.15) is 17.2 Å². The average molecular weight is 517 g/mol. The van der Waals surface area contributed by atoms with Crippen LogP contribution in [0.2, 0.25) is 0 Å². The maximum Gasteiger partial charge on any atom is 0.342 e. The Bertz CT molecular complexity index is 1390. The maximum absolute atomic E-state index is 12.5. The zero-order valence-corrected chi connectivity index (χ0v) is 22.0. The summed E-state index contributed by atoms with van der Waals surface area (Å²) in [5.74, 6) is 1.52. The highest BCUT2D eigenvalue weighted by Crippen LogP contribution is 2.26.